The monoisotopic (exact) mass is 156 g/mol. The van der Waals surface area contributed by atoms with Gasteiger partial charge < -0.3 is 0 Å². The number of hydrogen-bond donors (Lipinski definition) is 0. The zero-order chi connectivity index (χ0) is 9.28. The fraction of sp³-hybridized carbons (Fsp3) is 0.400. The van der Waals surface area contributed by atoms with Crippen molar-refractivity contribution in [1.82, 2.24) is 0 Å². The molecule has 0 saturated heterocycles. The van der Waals surface area contributed by atoms with Crippen LogP contribution in [0.4, 0.5) is 4.39 Å². The standard InChI is InChI=1S/C8H13F.C2H4/c1-4-5-7(2)6-8(3)9;1-2/h5-6H,4H2,1-3H3;1-2H2/b7-5-,8-6+;. The Labute approximate surface area is 69.1 Å². The minimum Gasteiger partial charge on any atom is -0.212 e. The molecule has 0 heterocycles. The SMILES string of the molecule is C=C.CC/C=C(C)\C=C(/C)F. The van der Waals surface area contributed by atoms with E-state index in [1.165, 1.54) is 13.0 Å². The molecule has 0 rings (SSSR count). The summed E-state index contributed by atoms with van der Waals surface area (Å²) < 4.78 is 12.1. The third-order valence-corrected chi connectivity index (χ3v) is 0.953. The molecule has 0 N–H and O–H groups in total. The maximum atomic E-state index is 12.1. The normalized spacial score (nSPS) is 12.0. The first-order chi connectivity index (χ1) is 5.16. The minimum absolute atomic E-state index is 0.128. The van der Waals surface area contributed by atoms with E-state index in [1.807, 2.05) is 19.9 Å². The molecule has 0 bridgehead atoms. The zero-order valence-electron chi connectivity index (χ0n) is 7.65. The van der Waals surface area contributed by atoms with Crippen LogP contribution in [0.5, 0.6) is 0 Å². The largest absolute Gasteiger partial charge is 0.212 e. The third-order valence-electron chi connectivity index (χ3n) is 0.953. The van der Waals surface area contributed by atoms with Gasteiger partial charge in [-0.2, -0.15) is 0 Å². The zero-order valence-corrected chi connectivity index (χ0v) is 7.65. The molecular weight excluding hydrogens is 139 g/mol. The van der Waals surface area contributed by atoms with Crippen molar-refractivity contribution >= 4 is 0 Å². The first kappa shape index (κ1) is 12.8. The Morgan fingerprint density at radius 2 is 1.82 bits per heavy atom. The van der Waals surface area contributed by atoms with Gasteiger partial charge in [-0.3, -0.25) is 0 Å². The number of halogens is 1. The molecule has 0 aliphatic carbocycles. The Balaban J connectivity index is 0. The quantitative estimate of drug-likeness (QED) is 0.418. The van der Waals surface area contributed by atoms with Crippen LogP contribution in [0.2, 0.25) is 0 Å². The van der Waals surface area contributed by atoms with Crippen molar-refractivity contribution in [3.8, 4) is 0 Å². The van der Waals surface area contributed by atoms with Crippen LogP contribution in [0.15, 0.2) is 36.7 Å². The fourth-order valence-electron chi connectivity index (χ4n) is 0.695. The summed E-state index contributed by atoms with van der Waals surface area (Å²) in [4.78, 5) is 0. The average molecular weight is 156 g/mol. The lowest BCUT2D eigenvalue weighted by atomic mass is 10.2. The van der Waals surface area contributed by atoms with Crippen LogP contribution in [0, 0.1) is 0 Å². The Kier molecular flexibility index (Phi) is 10.6. The van der Waals surface area contributed by atoms with Crippen LogP contribution in [0.25, 0.3) is 0 Å². The maximum Gasteiger partial charge on any atom is 0.0971 e. The summed E-state index contributed by atoms with van der Waals surface area (Å²) in [5.74, 6) is -0.128. The second kappa shape index (κ2) is 9.15. The van der Waals surface area contributed by atoms with Gasteiger partial charge in [0.2, 0.25) is 0 Å². The van der Waals surface area contributed by atoms with E-state index in [-0.39, 0.29) is 5.83 Å². The van der Waals surface area contributed by atoms with E-state index in [0.717, 1.165) is 12.0 Å². The summed E-state index contributed by atoms with van der Waals surface area (Å²) in [6.45, 7) is 11.4. The molecule has 0 aliphatic rings. The van der Waals surface area contributed by atoms with E-state index < -0.39 is 0 Å². The Bertz CT molecular complexity index is 139. The van der Waals surface area contributed by atoms with Crippen LogP contribution in [0.3, 0.4) is 0 Å². The lowest BCUT2D eigenvalue weighted by Crippen LogP contribution is -1.68. The predicted molar refractivity (Wildman–Crippen MR) is 50.2 cm³/mol. The molecule has 0 nitrogen and oxygen atoms in total. The van der Waals surface area contributed by atoms with E-state index in [0.29, 0.717) is 0 Å². The fourth-order valence-corrected chi connectivity index (χ4v) is 0.695. The molecule has 0 amide bonds. The van der Waals surface area contributed by atoms with Crippen LogP contribution >= 0.6 is 0 Å². The molecule has 0 aromatic carbocycles. The highest BCUT2D eigenvalue weighted by molar-refractivity contribution is 5.17. The lowest BCUT2D eigenvalue weighted by Gasteiger charge is -1.88. The Morgan fingerprint density at radius 1 is 1.36 bits per heavy atom. The molecule has 0 spiro atoms. The first-order valence-corrected chi connectivity index (χ1v) is 3.67. The van der Waals surface area contributed by atoms with Gasteiger partial charge in [-0.1, -0.05) is 18.6 Å². The van der Waals surface area contributed by atoms with E-state index in [9.17, 15) is 4.39 Å². The van der Waals surface area contributed by atoms with E-state index in [1.54, 1.807) is 0 Å². The summed E-state index contributed by atoms with van der Waals surface area (Å²) in [5.41, 5.74) is 0.998. The van der Waals surface area contributed by atoms with Crippen LogP contribution in [-0.4, -0.2) is 0 Å². The number of hydrogen-bond acceptors (Lipinski definition) is 0. The summed E-state index contributed by atoms with van der Waals surface area (Å²) >= 11 is 0. The minimum atomic E-state index is -0.128. The van der Waals surface area contributed by atoms with Gasteiger partial charge in [0.15, 0.2) is 0 Å². The molecule has 0 saturated carbocycles. The second-order valence-corrected chi connectivity index (χ2v) is 2.09. The van der Waals surface area contributed by atoms with Gasteiger partial charge in [0.05, 0.1) is 5.83 Å². The van der Waals surface area contributed by atoms with Crippen LogP contribution < -0.4 is 0 Å². The van der Waals surface area contributed by atoms with Crippen molar-refractivity contribution in [2.24, 2.45) is 0 Å². The molecule has 0 aromatic rings. The van der Waals surface area contributed by atoms with Gasteiger partial charge in [-0.25, -0.2) is 4.39 Å². The topological polar surface area (TPSA) is 0 Å². The van der Waals surface area contributed by atoms with Crippen molar-refractivity contribution in [2.45, 2.75) is 27.2 Å². The van der Waals surface area contributed by atoms with Gasteiger partial charge in [0.25, 0.3) is 0 Å². The van der Waals surface area contributed by atoms with Crippen molar-refractivity contribution < 1.29 is 4.39 Å². The molecule has 0 radical (unpaired) electrons. The molecule has 1 heteroatoms. The average Bonchev–Trinajstić information content (AvgIpc) is 1.91. The summed E-state index contributed by atoms with van der Waals surface area (Å²) in [7, 11) is 0. The van der Waals surface area contributed by atoms with Crippen molar-refractivity contribution in [3.05, 3.63) is 36.7 Å². The first-order valence-electron chi connectivity index (χ1n) is 3.67. The van der Waals surface area contributed by atoms with Gasteiger partial charge in [0.1, 0.15) is 0 Å². The lowest BCUT2D eigenvalue weighted by molar-refractivity contribution is 0.639. The molecular formula is C10H17F. The predicted octanol–water partition coefficient (Wildman–Crippen LogP) is 4.02. The molecule has 0 fully saturated rings. The number of allylic oxidation sites excluding steroid dienone is 4. The molecule has 0 unspecified atom stereocenters. The van der Waals surface area contributed by atoms with E-state index >= 15 is 0 Å². The van der Waals surface area contributed by atoms with Gasteiger partial charge in [0, 0.05) is 0 Å². The van der Waals surface area contributed by atoms with Gasteiger partial charge >= 0.3 is 0 Å². The molecule has 0 atom stereocenters. The smallest absolute Gasteiger partial charge is 0.0971 e. The van der Waals surface area contributed by atoms with Gasteiger partial charge in [-0.15, -0.1) is 13.2 Å². The molecule has 0 aromatic heterocycles. The van der Waals surface area contributed by atoms with Crippen molar-refractivity contribution in [3.63, 3.8) is 0 Å². The maximum absolute atomic E-state index is 12.1. The van der Waals surface area contributed by atoms with Crippen molar-refractivity contribution in [1.29, 1.82) is 0 Å². The molecule has 11 heavy (non-hydrogen) atoms. The Hall–Kier alpha value is -0.850. The molecule has 0 aliphatic heterocycles. The second-order valence-electron chi connectivity index (χ2n) is 2.09. The van der Waals surface area contributed by atoms with Crippen LogP contribution in [0.1, 0.15) is 27.2 Å². The molecule has 64 valence electrons. The van der Waals surface area contributed by atoms with E-state index in [4.69, 9.17) is 0 Å². The highest BCUT2D eigenvalue weighted by Crippen LogP contribution is 2.02. The van der Waals surface area contributed by atoms with Crippen LogP contribution in [-0.2, 0) is 0 Å². The summed E-state index contributed by atoms with van der Waals surface area (Å²) in [6, 6.07) is 0. The Morgan fingerprint density at radius 3 is 2.09 bits per heavy atom. The third kappa shape index (κ3) is 12.4. The highest BCUT2D eigenvalue weighted by atomic mass is 19.1. The van der Waals surface area contributed by atoms with Crippen molar-refractivity contribution in [2.75, 3.05) is 0 Å². The van der Waals surface area contributed by atoms with Gasteiger partial charge in [-0.05, 0) is 26.3 Å². The number of rotatable bonds is 2. The van der Waals surface area contributed by atoms with E-state index in [2.05, 4.69) is 13.2 Å². The highest BCUT2D eigenvalue weighted by Gasteiger charge is 1.82. The summed E-state index contributed by atoms with van der Waals surface area (Å²) in [6.07, 6.45) is 4.49. The summed E-state index contributed by atoms with van der Waals surface area (Å²) in [5, 5.41) is 0.